The van der Waals surface area contributed by atoms with Gasteiger partial charge in [-0.05, 0) is 31.2 Å². The molecular weight excluding hydrogens is 390 g/mol. The average molecular weight is 409 g/mol. The Morgan fingerprint density at radius 3 is 2.63 bits per heavy atom. The summed E-state index contributed by atoms with van der Waals surface area (Å²) in [7, 11) is -3.31. The highest BCUT2D eigenvalue weighted by molar-refractivity contribution is 7.90. The fourth-order valence-electron chi connectivity index (χ4n) is 2.64. The van der Waals surface area contributed by atoms with Crippen LogP contribution in [0, 0.1) is 0 Å². The van der Waals surface area contributed by atoms with Gasteiger partial charge in [-0.15, -0.1) is 0 Å². The summed E-state index contributed by atoms with van der Waals surface area (Å²) in [6, 6.07) is 5.71. The van der Waals surface area contributed by atoms with E-state index < -0.39 is 9.84 Å². The van der Waals surface area contributed by atoms with Gasteiger partial charge in [0.25, 0.3) is 5.91 Å². The topological polar surface area (TPSA) is 106 Å². The standard InChI is InChI=1S/C17H19N3O5S2/c1-3-25-17(22)20-9-8-13-14(10-20)26-16(18-13)19-15(21)11-4-6-12(7-5-11)27(2,23)24/h4-7H,3,8-10H2,1-2H3,(H,18,19,21). The largest absolute Gasteiger partial charge is 0.450 e. The quantitative estimate of drug-likeness (QED) is 0.831. The maximum atomic E-state index is 12.4. The molecule has 144 valence electrons. The molecule has 1 aromatic carbocycles. The smallest absolute Gasteiger partial charge is 0.410 e. The van der Waals surface area contributed by atoms with Gasteiger partial charge in [-0.1, -0.05) is 11.3 Å². The summed E-state index contributed by atoms with van der Waals surface area (Å²) in [6.07, 6.45) is 1.36. The monoisotopic (exact) mass is 409 g/mol. The number of hydrogen-bond acceptors (Lipinski definition) is 7. The van der Waals surface area contributed by atoms with Crippen LogP contribution in [-0.4, -0.2) is 49.7 Å². The van der Waals surface area contributed by atoms with E-state index in [0.29, 0.717) is 36.8 Å². The number of carbonyl (C=O) groups is 2. The van der Waals surface area contributed by atoms with Gasteiger partial charge in [0, 0.05) is 29.7 Å². The molecule has 1 aromatic heterocycles. The lowest BCUT2D eigenvalue weighted by Gasteiger charge is -2.24. The molecule has 0 spiro atoms. The molecule has 2 aromatic rings. The van der Waals surface area contributed by atoms with Gasteiger partial charge in [0.15, 0.2) is 15.0 Å². The molecule has 1 N–H and O–H groups in total. The summed E-state index contributed by atoms with van der Waals surface area (Å²) in [6.45, 7) is 3.01. The number of hydrogen-bond donors (Lipinski definition) is 1. The van der Waals surface area contributed by atoms with Crippen LogP contribution in [0.3, 0.4) is 0 Å². The third kappa shape index (κ3) is 4.45. The van der Waals surface area contributed by atoms with Gasteiger partial charge in [0.05, 0.1) is 23.7 Å². The average Bonchev–Trinajstić information content (AvgIpc) is 3.02. The van der Waals surface area contributed by atoms with E-state index in [2.05, 4.69) is 10.3 Å². The predicted molar refractivity (Wildman–Crippen MR) is 101 cm³/mol. The normalized spacial score (nSPS) is 13.8. The van der Waals surface area contributed by atoms with Crippen LogP contribution in [0.25, 0.3) is 0 Å². The van der Waals surface area contributed by atoms with Crippen molar-refractivity contribution in [2.24, 2.45) is 0 Å². The first-order valence-electron chi connectivity index (χ1n) is 8.29. The van der Waals surface area contributed by atoms with E-state index in [0.717, 1.165) is 16.8 Å². The first kappa shape index (κ1) is 19.3. The minimum atomic E-state index is -3.31. The fraction of sp³-hybridized carbons (Fsp3) is 0.353. The number of nitrogens with zero attached hydrogens (tertiary/aromatic N) is 2. The van der Waals surface area contributed by atoms with Crippen LogP contribution in [0.5, 0.6) is 0 Å². The summed E-state index contributed by atoms with van der Waals surface area (Å²) < 4.78 is 28.0. The van der Waals surface area contributed by atoms with Crippen molar-refractivity contribution in [1.29, 1.82) is 0 Å². The van der Waals surface area contributed by atoms with Gasteiger partial charge in [-0.3, -0.25) is 10.1 Å². The van der Waals surface area contributed by atoms with Crippen molar-refractivity contribution in [3.63, 3.8) is 0 Å². The van der Waals surface area contributed by atoms with Crippen molar-refractivity contribution >= 4 is 38.3 Å². The minimum absolute atomic E-state index is 0.155. The van der Waals surface area contributed by atoms with E-state index in [1.165, 1.54) is 35.6 Å². The Labute approximate surface area is 161 Å². The minimum Gasteiger partial charge on any atom is -0.450 e. The van der Waals surface area contributed by atoms with Gasteiger partial charge in [0.2, 0.25) is 0 Å². The Morgan fingerprint density at radius 1 is 1.30 bits per heavy atom. The second kappa shape index (κ2) is 7.65. The molecule has 0 radical (unpaired) electrons. The van der Waals surface area contributed by atoms with Gasteiger partial charge in [0.1, 0.15) is 0 Å². The molecule has 0 atom stereocenters. The van der Waals surface area contributed by atoms with Crippen molar-refractivity contribution < 1.29 is 22.7 Å². The lowest BCUT2D eigenvalue weighted by atomic mass is 10.2. The van der Waals surface area contributed by atoms with Crippen LogP contribution in [0.15, 0.2) is 29.2 Å². The molecule has 8 nitrogen and oxygen atoms in total. The Hall–Kier alpha value is -2.46. The summed E-state index contributed by atoms with van der Waals surface area (Å²) in [4.78, 5) is 31.3. The van der Waals surface area contributed by atoms with Crippen LogP contribution < -0.4 is 5.32 Å². The van der Waals surface area contributed by atoms with Gasteiger partial charge in [-0.2, -0.15) is 0 Å². The molecule has 1 aliphatic heterocycles. The second-order valence-corrected chi connectivity index (χ2v) is 9.11. The number of nitrogens with one attached hydrogen (secondary N) is 1. The van der Waals surface area contributed by atoms with Crippen molar-refractivity contribution in [3.8, 4) is 0 Å². The molecule has 0 aliphatic carbocycles. The number of benzene rings is 1. The number of anilines is 1. The predicted octanol–water partition coefficient (Wildman–Crippen LogP) is 2.31. The number of carbonyl (C=O) groups excluding carboxylic acids is 2. The van der Waals surface area contributed by atoms with Crippen LogP contribution in [-0.2, 0) is 27.5 Å². The highest BCUT2D eigenvalue weighted by atomic mass is 32.2. The highest BCUT2D eigenvalue weighted by Crippen LogP contribution is 2.29. The third-order valence-electron chi connectivity index (χ3n) is 4.02. The van der Waals surface area contributed by atoms with Gasteiger partial charge in [-0.25, -0.2) is 18.2 Å². The maximum Gasteiger partial charge on any atom is 0.410 e. The van der Waals surface area contributed by atoms with E-state index in [-0.39, 0.29) is 16.9 Å². The van der Waals surface area contributed by atoms with E-state index >= 15 is 0 Å². The molecule has 3 rings (SSSR count). The molecule has 1 aliphatic rings. The number of aromatic nitrogens is 1. The number of fused-ring (bicyclic) bond motifs is 1. The molecule has 0 saturated heterocycles. The van der Waals surface area contributed by atoms with E-state index in [1.807, 2.05) is 0 Å². The molecule has 2 amide bonds. The van der Waals surface area contributed by atoms with Crippen LogP contribution >= 0.6 is 11.3 Å². The maximum absolute atomic E-state index is 12.4. The number of rotatable bonds is 4. The van der Waals surface area contributed by atoms with Crippen LogP contribution in [0.2, 0.25) is 0 Å². The zero-order valence-electron chi connectivity index (χ0n) is 14.9. The Kier molecular flexibility index (Phi) is 5.47. The van der Waals surface area contributed by atoms with Crippen LogP contribution in [0.4, 0.5) is 9.93 Å². The molecule has 10 heteroatoms. The van der Waals surface area contributed by atoms with Crippen LogP contribution in [0.1, 0.15) is 27.9 Å². The molecule has 0 fully saturated rings. The molecular formula is C17H19N3O5S2. The van der Waals surface area contributed by atoms with Crippen molar-refractivity contribution in [1.82, 2.24) is 9.88 Å². The lowest BCUT2D eigenvalue weighted by Crippen LogP contribution is -2.35. The van der Waals surface area contributed by atoms with Crippen molar-refractivity contribution in [2.75, 3.05) is 24.7 Å². The second-order valence-electron chi connectivity index (χ2n) is 6.01. The lowest BCUT2D eigenvalue weighted by molar-refractivity contribution is 0.102. The molecule has 0 bridgehead atoms. The van der Waals surface area contributed by atoms with Crippen molar-refractivity contribution in [2.45, 2.75) is 24.8 Å². The molecule has 0 saturated carbocycles. The van der Waals surface area contributed by atoms with E-state index in [1.54, 1.807) is 11.8 Å². The molecule has 0 unspecified atom stereocenters. The fourth-order valence-corrected chi connectivity index (χ4v) is 4.29. The Morgan fingerprint density at radius 2 is 2.00 bits per heavy atom. The van der Waals surface area contributed by atoms with Crippen molar-refractivity contribution in [3.05, 3.63) is 40.4 Å². The summed E-state index contributed by atoms with van der Waals surface area (Å²) in [5.74, 6) is -0.372. The first-order valence-corrected chi connectivity index (χ1v) is 11.0. The molecule has 27 heavy (non-hydrogen) atoms. The zero-order chi connectivity index (χ0) is 19.6. The summed E-state index contributed by atoms with van der Waals surface area (Å²) in [5.41, 5.74) is 1.20. The third-order valence-corrected chi connectivity index (χ3v) is 6.15. The Balaban J connectivity index is 1.69. The van der Waals surface area contributed by atoms with E-state index in [4.69, 9.17) is 4.74 Å². The number of amides is 2. The number of thiazole rings is 1. The number of ether oxygens (including phenoxy) is 1. The van der Waals surface area contributed by atoms with Gasteiger partial charge >= 0.3 is 6.09 Å². The Bertz CT molecular complexity index is 967. The summed E-state index contributed by atoms with van der Waals surface area (Å²) in [5, 5.41) is 3.17. The first-order chi connectivity index (χ1) is 12.8. The van der Waals surface area contributed by atoms with E-state index in [9.17, 15) is 18.0 Å². The summed E-state index contributed by atoms with van der Waals surface area (Å²) >= 11 is 1.32. The molecule has 2 heterocycles. The number of sulfone groups is 1. The zero-order valence-corrected chi connectivity index (χ0v) is 16.5. The highest BCUT2D eigenvalue weighted by Gasteiger charge is 2.25. The van der Waals surface area contributed by atoms with Gasteiger partial charge < -0.3 is 9.64 Å². The SMILES string of the molecule is CCOC(=O)N1CCc2nc(NC(=O)c3ccc(S(C)(=O)=O)cc3)sc2C1.